The number of nitrogens with two attached hydrogens (primary N) is 1. The Morgan fingerprint density at radius 3 is 2.29 bits per heavy atom. The van der Waals surface area contributed by atoms with E-state index in [2.05, 4.69) is 5.32 Å². The summed E-state index contributed by atoms with van der Waals surface area (Å²) in [6.45, 7) is 3.70. The lowest BCUT2D eigenvalue weighted by molar-refractivity contribution is -0.147. The third-order valence-electron chi connectivity index (χ3n) is 3.24. The molecule has 0 aromatic carbocycles. The number of nitrogens with one attached hydrogen (secondary N) is 1. The van der Waals surface area contributed by atoms with Crippen LogP contribution in [0.25, 0.3) is 0 Å². The van der Waals surface area contributed by atoms with Gasteiger partial charge in [-0.05, 0) is 33.1 Å². The Balaban J connectivity index is 2.51. The third kappa shape index (κ3) is 4.00. The molecule has 1 rings (SSSR count). The van der Waals surface area contributed by atoms with E-state index in [1.165, 1.54) is 0 Å². The SMILES string of the molecule is CC(C)(N)CCC(=O)NC1(C(=O)O)CCCC1. The second-order valence-corrected chi connectivity index (χ2v) is 5.63. The highest BCUT2D eigenvalue weighted by Crippen LogP contribution is 2.30. The van der Waals surface area contributed by atoms with Crippen molar-refractivity contribution in [1.29, 1.82) is 0 Å². The van der Waals surface area contributed by atoms with Crippen LogP contribution < -0.4 is 11.1 Å². The summed E-state index contributed by atoms with van der Waals surface area (Å²) in [6.07, 6.45) is 3.59. The van der Waals surface area contributed by atoms with Gasteiger partial charge in [0.1, 0.15) is 5.54 Å². The summed E-state index contributed by atoms with van der Waals surface area (Å²) >= 11 is 0. The highest BCUT2D eigenvalue weighted by molar-refractivity contribution is 5.87. The predicted molar refractivity (Wildman–Crippen MR) is 64.5 cm³/mol. The Bertz CT molecular complexity index is 301. The molecule has 1 aliphatic carbocycles. The van der Waals surface area contributed by atoms with Gasteiger partial charge < -0.3 is 16.2 Å². The number of carbonyl (C=O) groups is 2. The van der Waals surface area contributed by atoms with Crippen LogP contribution in [-0.2, 0) is 9.59 Å². The Labute approximate surface area is 102 Å². The van der Waals surface area contributed by atoms with E-state index in [4.69, 9.17) is 5.73 Å². The van der Waals surface area contributed by atoms with Gasteiger partial charge in [0.05, 0.1) is 0 Å². The van der Waals surface area contributed by atoms with Crippen molar-refractivity contribution in [1.82, 2.24) is 5.32 Å². The van der Waals surface area contributed by atoms with Crippen LogP contribution in [0, 0.1) is 0 Å². The van der Waals surface area contributed by atoms with Gasteiger partial charge in [0.15, 0.2) is 0 Å². The summed E-state index contributed by atoms with van der Waals surface area (Å²) in [4.78, 5) is 22.9. The molecular weight excluding hydrogens is 220 g/mol. The Morgan fingerprint density at radius 2 is 1.88 bits per heavy atom. The van der Waals surface area contributed by atoms with E-state index >= 15 is 0 Å². The molecule has 5 heteroatoms. The molecule has 1 amide bonds. The normalized spacial score (nSPS) is 19.0. The van der Waals surface area contributed by atoms with Crippen molar-refractivity contribution in [2.24, 2.45) is 5.73 Å². The molecule has 98 valence electrons. The van der Waals surface area contributed by atoms with Crippen LogP contribution in [0.5, 0.6) is 0 Å². The lowest BCUT2D eigenvalue weighted by atomic mass is 9.96. The first kappa shape index (κ1) is 14.0. The molecule has 0 unspecified atom stereocenters. The zero-order valence-corrected chi connectivity index (χ0v) is 10.6. The number of carbonyl (C=O) groups excluding carboxylic acids is 1. The van der Waals surface area contributed by atoms with Crippen molar-refractivity contribution in [3.05, 3.63) is 0 Å². The number of carboxylic acids is 1. The van der Waals surface area contributed by atoms with E-state index in [0.29, 0.717) is 19.3 Å². The summed E-state index contributed by atoms with van der Waals surface area (Å²) in [5, 5.41) is 11.9. The van der Waals surface area contributed by atoms with Crippen molar-refractivity contribution in [3.8, 4) is 0 Å². The summed E-state index contributed by atoms with van der Waals surface area (Å²) in [7, 11) is 0. The first-order valence-electron chi connectivity index (χ1n) is 6.08. The van der Waals surface area contributed by atoms with Gasteiger partial charge in [-0.3, -0.25) is 4.79 Å². The number of aliphatic carboxylic acids is 1. The molecular formula is C12H22N2O3. The number of carboxylic acid groups (broad SMARTS) is 1. The molecule has 0 bridgehead atoms. The van der Waals surface area contributed by atoms with Crippen LogP contribution in [0.1, 0.15) is 52.4 Å². The van der Waals surface area contributed by atoms with Crippen molar-refractivity contribution in [3.63, 3.8) is 0 Å². The van der Waals surface area contributed by atoms with Gasteiger partial charge in [0, 0.05) is 12.0 Å². The summed E-state index contributed by atoms with van der Waals surface area (Å²) in [5.41, 5.74) is 4.36. The van der Waals surface area contributed by atoms with Gasteiger partial charge in [0.25, 0.3) is 0 Å². The zero-order valence-electron chi connectivity index (χ0n) is 10.6. The largest absolute Gasteiger partial charge is 0.480 e. The van der Waals surface area contributed by atoms with Gasteiger partial charge in [-0.15, -0.1) is 0 Å². The van der Waals surface area contributed by atoms with Crippen LogP contribution >= 0.6 is 0 Å². The van der Waals surface area contributed by atoms with E-state index in [0.717, 1.165) is 12.8 Å². The second-order valence-electron chi connectivity index (χ2n) is 5.63. The maximum Gasteiger partial charge on any atom is 0.329 e. The van der Waals surface area contributed by atoms with Crippen molar-refractivity contribution in [2.75, 3.05) is 0 Å². The first-order valence-corrected chi connectivity index (χ1v) is 6.08. The van der Waals surface area contributed by atoms with Crippen LogP contribution in [0.15, 0.2) is 0 Å². The molecule has 0 aromatic heterocycles. The minimum absolute atomic E-state index is 0.215. The third-order valence-corrected chi connectivity index (χ3v) is 3.24. The number of rotatable bonds is 5. The number of amides is 1. The molecule has 1 fully saturated rings. The molecule has 5 nitrogen and oxygen atoms in total. The van der Waals surface area contributed by atoms with Crippen molar-refractivity contribution < 1.29 is 14.7 Å². The molecule has 4 N–H and O–H groups in total. The fourth-order valence-corrected chi connectivity index (χ4v) is 2.14. The predicted octanol–water partition coefficient (Wildman–Crippen LogP) is 1.02. The van der Waals surface area contributed by atoms with Crippen molar-refractivity contribution in [2.45, 2.75) is 63.5 Å². The maximum atomic E-state index is 11.7. The summed E-state index contributed by atoms with van der Waals surface area (Å²) in [6, 6.07) is 0. The highest BCUT2D eigenvalue weighted by Gasteiger charge is 2.42. The van der Waals surface area contributed by atoms with Crippen molar-refractivity contribution >= 4 is 11.9 Å². The monoisotopic (exact) mass is 242 g/mol. The summed E-state index contributed by atoms with van der Waals surface area (Å²) in [5.74, 6) is -1.14. The molecule has 0 spiro atoms. The Kier molecular flexibility index (Phi) is 4.14. The van der Waals surface area contributed by atoms with Gasteiger partial charge in [-0.1, -0.05) is 12.8 Å². The molecule has 17 heavy (non-hydrogen) atoms. The van der Waals surface area contributed by atoms with E-state index in [1.807, 2.05) is 13.8 Å². The average molecular weight is 242 g/mol. The molecule has 0 atom stereocenters. The first-order chi connectivity index (χ1) is 7.75. The van der Waals surface area contributed by atoms with E-state index in [1.54, 1.807) is 0 Å². The molecule has 0 heterocycles. The fraction of sp³-hybridized carbons (Fsp3) is 0.833. The fourth-order valence-electron chi connectivity index (χ4n) is 2.14. The van der Waals surface area contributed by atoms with E-state index < -0.39 is 17.0 Å². The smallest absolute Gasteiger partial charge is 0.329 e. The number of hydrogen-bond donors (Lipinski definition) is 3. The molecule has 0 radical (unpaired) electrons. The van der Waals surface area contributed by atoms with Crippen LogP contribution in [0.2, 0.25) is 0 Å². The Hall–Kier alpha value is -1.10. The lowest BCUT2D eigenvalue weighted by Crippen LogP contribution is -2.52. The quantitative estimate of drug-likeness (QED) is 0.671. The highest BCUT2D eigenvalue weighted by atomic mass is 16.4. The molecule has 0 aromatic rings. The standard InChI is InChI=1S/C12H22N2O3/c1-11(2,13)8-5-9(15)14-12(10(16)17)6-3-4-7-12/h3-8,13H2,1-2H3,(H,14,15)(H,16,17). The number of hydrogen-bond acceptors (Lipinski definition) is 3. The van der Waals surface area contributed by atoms with Crippen LogP contribution in [0.4, 0.5) is 0 Å². The molecule has 1 saturated carbocycles. The minimum Gasteiger partial charge on any atom is -0.480 e. The average Bonchev–Trinajstić information content (AvgIpc) is 2.63. The molecule has 1 aliphatic rings. The van der Waals surface area contributed by atoms with Crippen LogP contribution in [-0.4, -0.2) is 28.1 Å². The molecule has 0 aliphatic heterocycles. The van der Waals surface area contributed by atoms with Crippen LogP contribution in [0.3, 0.4) is 0 Å². The summed E-state index contributed by atoms with van der Waals surface area (Å²) < 4.78 is 0. The van der Waals surface area contributed by atoms with Gasteiger partial charge in [0.2, 0.25) is 5.91 Å². The second kappa shape index (κ2) is 5.04. The van der Waals surface area contributed by atoms with E-state index in [-0.39, 0.29) is 12.3 Å². The zero-order chi connectivity index (χ0) is 13.1. The van der Waals surface area contributed by atoms with Gasteiger partial charge in [-0.2, -0.15) is 0 Å². The van der Waals surface area contributed by atoms with Gasteiger partial charge in [-0.25, -0.2) is 4.79 Å². The minimum atomic E-state index is -1.03. The maximum absolute atomic E-state index is 11.7. The lowest BCUT2D eigenvalue weighted by Gasteiger charge is -2.26. The Morgan fingerprint density at radius 1 is 1.35 bits per heavy atom. The molecule has 0 saturated heterocycles. The van der Waals surface area contributed by atoms with E-state index in [9.17, 15) is 14.7 Å². The van der Waals surface area contributed by atoms with Gasteiger partial charge >= 0.3 is 5.97 Å². The topological polar surface area (TPSA) is 92.4 Å².